The fourth-order valence-corrected chi connectivity index (χ4v) is 2.91. The van der Waals surface area contributed by atoms with Crippen molar-refractivity contribution >= 4 is 16.9 Å². The Labute approximate surface area is 136 Å². The van der Waals surface area contributed by atoms with Crippen LogP contribution in [0.25, 0.3) is 10.9 Å². The Morgan fingerprint density at radius 1 is 1.39 bits per heavy atom. The molecule has 1 atom stereocenters. The number of benzene rings is 1. The van der Waals surface area contributed by atoms with Gasteiger partial charge in [0, 0.05) is 24.7 Å². The van der Waals surface area contributed by atoms with E-state index in [2.05, 4.69) is 24.1 Å². The zero-order chi connectivity index (χ0) is 16.3. The van der Waals surface area contributed by atoms with Crippen LogP contribution in [0.3, 0.4) is 0 Å². The topological polar surface area (TPSA) is 54.5 Å². The summed E-state index contributed by atoms with van der Waals surface area (Å²) < 4.78 is 5.79. The summed E-state index contributed by atoms with van der Waals surface area (Å²) in [5.74, 6) is 0. The van der Waals surface area contributed by atoms with E-state index in [1.54, 1.807) is 6.20 Å². The number of hydrogen-bond acceptors (Lipinski definition) is 3. The lowest BCUT2D eigenvalue weighted by atomic mass is 10.0. The number of aromatic nitrogens is 1. The molecule has 5 nitrogen and oxygen atoms in total. The Morgan fingerprint density at radius 3 is 3.04 bits per heavy atom. The predicted molar refractivity (Wildman–Crippen MR) is 90.2 cm³/mol. The maximum atomic E-state index is 12.5. The van der Waals surface area contributed by atoms with Crippen molar-refractivity contribution in [2.45, 2.75) is 32.4 Å². The summed E-state index contributed by atoms with van der Waals surface area (Å²) in [4.78, 5) is 18.6. The van der Waals surface area contributed by atoms with E-state index in [4.69, 9.17) is 4.74 Å². The van der Waals surface area contributed by atoms with Crippen LogP contribution in [-0.4, -0.2) is 41.2 Å². The van der Waals surface area contributed by atoms with Crippen molar-refractivity contribution in [2.24, 2.45) is 0 Å². The zero-order valence-electron chi connectivity index (χ0n) is 13.7. The van der Waals surface area contributed by atoms with Gasteiger partial charge in [-0.05, 0) is 31.0 Å². The van der Waals surface area contributed by atoms with Gasteiger partial charge in [0.25, 0.3) is 0 Å². The molecule has 1 aromatic heterocycles. The van der Waals surface area contributed by atoms with Crippen molar-refractivity contribution < 1.29 is 9.53 Å². The molecule has 0 spiro atoms. The molecule has 0 bridgehead atoms. The molecule has 1 N–H and O–H groups in total. The van der Waals surface area contributed by atoms with Crippen LogP contribution in [0.5, 0.6) is 0 Å². The standard InChI is InChI=1S/C18H23N3O2/c1-3-18(2)13-21(10-11-23-18)17(22)20-12-14-8-9-19-16-7-5-4-6-15(14)16/h4-9H,3,10-13H2,1-2H3,(H,20,22)/t18-/m0/s1. The van der Waals surface area contributed by atoms with E-state index < -0.39 is 0 Å². The molecule has 2 amide bonds. The molecule has 0 saturated carbocycles. The normalized spacial score (nSPS) is 21.4. The van der Waals surface area contributed by atoms with Gasteiger partial charge in [-0.2, -0.15) is 0 Å². The maximum absolute atomic E-state index is 12.5. The molecule has 2 heterocycles. The van der Waals surface area contributed by atoms with Crippen LogP contribution >= 0.6 is 0 Å². The molecule has 122 valence electrons. The SMILES string of the molecule is CC[C@@]1(C)CN(C(=O)NCc2ccnc3ccccc23)CCO1. The van der Waals surface area contributed by atoms with E-state index in [9.17, 15) is 4.79 Å². The molecule has 1 fully saturated rings. The van der Waals surface area contributed by atoms with Crippen molar-refractivity contribution in [1.82, 2.24) is 15.2 Å². The molecule has 5 heteroatoms. The first kappa shape index (κ1) is 15.7. The highest BCUT2D eigenvalue weighted by Crippen LogP contribution is 2.21. The molecule has 1 saturated heterocycles. The van der Waals surface area contributed by atoms with Gasteiger partial charge in [-0.3, -0.25) is 4.98 Å². The highest BCUT2D eigenvalue weighted by Gasteiger charge is 2.32. The Morgan fingerprint density at radius 2 is 2.22 bits per heavy atom. The van der Waals surface area contributed by atoms with Crippen LogP contribution in [0.15, 0.2) is 36.5 Å². The van der Waals surface area contributed by atoms with Gasteiger partial charge in [0.15, 0.2) is 0 Å². The third kappa shape index (κ3) is 3.45. The third-order valence-electron chi connectivity index (χ3n) is 4.54. The van der Waals surface area contributed by atoms with Crippen LogP contribution in [0.2, 0.25) is 0 Å². The summed E-state index contributed by atoms with van der Waals surface area (Å²) in [6.07, 6.45) is 2.68. The highest BCUT2D eigenvalue weighted by atomic mass is 16.5. The minimum absolute atomic E-state index is 0.0335. The molecule has 0 aliphatic carbocycles. The quantitative estimate of drug-likeness (QED) is 0.948. The molecule has 0 radical (unpaired) electrons. The number of urea groups is 1. The number of pyridine rings is 1. The fourth-order valence-electron chi connectivity index (χ4n) is 2.91. The van der Waals surface area contributed by atoms with Crippen molar-refractivity contribution in [3.8, 4) is 0 Å². The number of ether oxygens (including phenoxy) is 1. The summed E-state index contributed by atoms with van der Waals surface area (Å²) in [7, 11) is 0. The van der Waals surface area contributed by atoms with Crippen LogP contribution in [0.1, 0.15) is 25.8 Å². The summed E-state index contributed by atoms with van der Waals surface area (Å²) in [6.45, 7) is 6.51. The lowest BCUT2D eigenvalue weighted by molar-refractivity contribution is -0.0872. The number of hydrogen-bond donors (Lipinski definition) is 1. The lowest BCUT2D eigenvalue weighted by Crippen LogP contribution is -2.54. The zero-order valence-corrected chi connectivity index (χ0v) is 13.7. The van der Waals surface area contributed by atoms with Crippen molar-refractivity contribution in [2.75, 3.05) is 19.7 Å². The van der Waals surface area contributed by atoms with E-state index in [-0.39, 0.29) is 11.6 Å². The van der Waals surface area contributed by atoms with Gasteiger partial charge in [0.2, 0.25) is 0 Å². The van der Waals surface area contributed by atoms with E-state index >= 15 is 0 Å². The van der Waals surface area contributed by atoms with E-state index in [1.807, 2.05) is 35.2 Å². The molecule has 2 aromatic rings. The number of fused-ring (bicyclic) bond motifs is 1. The van der Waals surface area contributed by atoms with E-state index in [0.29, 0.717) is 26.2 Å². The average molecular weight is 313 g/mol. The van der Waals surface area contributed by atoms with Gasteiger partial charge in [-0.1, -0.05) is 25.1 Å². The second kappa shape index (κ2) is 6.54. The Balaban J connectivity index is 1.67. The minimum atomic E-state index is -0.237. The number of carbonyl (C=O) groups excluding carboxylic acids is 1. The predicted octanol–water partition coefficient (Wildman–Crippen LogP) is 2.95. The first-order chi connectivity index (χ1) is 11.1. The van der Waals surface area contributed by atoms with Gasteiger partial charge >= 0.3 is 6.03 Å². The molecular weight excluding hydrogens is 290 g/mol. The van der Waals surface area contributed by atoms with Gasteiger partial charge in [0.1, 0.15) is 0 Å². The average Bonchev–Trinajstić information content (AvgIpc) is 2.59. The Hall–Kier alpha value is -2.14. The Kier molecular flexibility index (Phi) is 4.48. The summed E-state index contributed by atoms with van der Waals surface area (Å²) in [5, 5.41) is 4.11. The minimum Gasteiger partial charge on any atom is -0.372 e. The van der Waals surface area contributed by atoms with Crippen molar-refractivity contribution in [1.29, 1.82) is 0 Å². The smallest absolute Gasteiger partial charge is 0.317 e. The van der Waals surface area contributed by atoms with E-state index in [1.165, 1.54) is 0 Å². The largest absolute Gasteiger partial charge is 0.372 e. The monoisotopic (exact) mass is 313 g/mol. The van der Waals surface area contributed by atoms with Gasteiger partial charge < -0.3 is 15.0 Å². The van der Waals surface area contributed by atoms with E-state index in [0.717, 1.165) is 22.9 Å². The fraction of sp³-hybridized carbons (Fsp3) is 0.444. The number of carbonyl (C=O) groups is 1. The third-order valence-corrected chi connectivity index (χ3v) is 4.54. The summed E-state index contributed by atoms with van der Waals surface area (Å²) in [5.41, 5.74) is 1.79. The first-order valence-electron chi connectivity index (χ1n) is 8.11. The molecular formula is C18H23N3O2. The molecule has 1 aliphatic rings. The summed E-state index contributed by atoms with van der Waals surface area (Å²) in [6, 6.07) is 9.90. The molecule has 23 heavy (non-hydrogen) atoms. The second-order valence-corrected chi connectivity index (χ2v) is 6.22. The number of nitrogens with one attached hydrogen (secondary N) is 1. The maximum Gasteiger partial charge on any atom is 0.317 e. The van der Waals surface area contributed by atoms with Crippen molar-refractivity contribution in [3.63, 3.8) is 0 Å². The Bertz CT molecular complexity index is 698. The van der Waals surface area contributed by atoms with Crippen LogP contribution < -0.4 is 5.32 Å². The van der Waals surface area contributed by atoms with Crippen LogP contribution in [0.4, 0.5) is 4.79 Å². The number of nitrogens with zero attached hydrogens (tertiary/aromatic N) is 2. The molecule has 1 aromatic carbocycles. The van der Waals surface area contributed by atoms with Crippen molar-refractivity contribution in [3.05, 3.63) is 42.1 Å². The number of morpholine rings is 1. The number of amides is 2. The number of para-hydroxylation sites is 1. The van der Waals surface area contributed by atoms with Crippen LogP contribution in [0, 0.1) is 0 Å². The van der Waals surface area contributed by atoms with Crippen LogP contribution in [-0.2, 0) is 11.3 Å². The summed E-state index contributed by atoms with van der Waals surface area (Å²) >= 11 is 0. The van der Waals surface area contributed by atoms with Gasteiger partial charge in [-0.25, -0.2) is 4.79 Å². The molecule has 1 aliphatic heterocycles. The number of rotatable bonds is 3. The van der Waals surface area contributed by atoms with Gasteiger partial charge in [0.05, 0.1) is 24.3 Å². The molecule has 0 unspecified atom stereocenters. The first-order valence-corrected chi connectivity index (χ1v) is 8.11. The lowest BCUT2D eigenvalue weighted by Gasteiger charge is -2.39. The second-order valence-electron chi connectivity index (χ2n) is 6.22. The van der Waals surface area contributed by atoms with Gasteiger partial charge in [-0.15, -0.1) is 0 Å². The highest BCUT2D eigenvalue weighted by molar-refractivity contribution is 5.82. The molecule has 3 rings (SSSR count).